The molecule has 1 heterocycles. The van der Waals surface area contributed by atoms with Crippen molar-refractivity contribution in [1.82, 2.24) is 0 Å². The molecule has 3 aromatic rings. The zero-order valence-corrected chi connectivity index (χ0v) is 21.0. The number of hydrogen-bond donors (Lipinski definition) is 0. The van der Waals surface area contributed by atoms with Crippen molar-refractivity contribution in [2.24, 2.45) is 23.7 Å². The number of carbonyl (C=O) groups is 3. The lowest BCUT2D eigenvalue weighted by Gasteiger charge is -2.22. The molecular formula is C32H27NO4. The van der Waals surface area contributed by atoms with Gasteiger partial charge in [-0.05, 0) is 54.3 Å². The van der Waals surface area contributed by atoms with Crippen LogP contribution in [0.3, 0.4) is 0 Å². The number of ether oxygens (including phenoxy) is 1. The van der Waals surface area contributed by atoms with Crippen molar-refractivity contribution in [1.29, 1.82) is 0 Å². The Balaban J connectivity index is 1.45. The highest BCUT2D eigenvalue weighted by atomic mass is 16.5. The lowest BCUT2D eigenvalue weighted by atomic mass is 9.85. The number of rotatable bonds is 4. The van der Waals surface area contributed by atoms with Crippen molar-refractivity contribution in [3.05, 3.63) is 118 Å². The van der Waals surface area contributed by atoms with E-state index in [1.54, 1.807) is 24.3 Å². The molecule has 4 atom stereocenters. The van der Waals surface area contributed by atoms with E-state index >= 15 is 0 Å². The van der Waals surface area contributed by atoms with Crippen LogP contribution in [0.1, 0.15) is 32.6 Å². The fraction of sp³-hybridized carbons (Fsp3) is 0.219. The third kappa shape index (κ3) is 3.57. The van der Waals surface area contributed by atoms with Gasteiger partial charge in [0.05, 0.1) is 30.2 Å². The van der Waals surface area contributed by atoms with Crippen LogP contribution in [0, 0.1) is 37.5 Å². The third-order valence-corrected chi connectivity index (χ3v) is 7.91. The zero-order chi connectivity index (χ0) is 25.8. The fourth-order valence-corrected chi connectivity index (χ4v) is 6.18. The molecule has 0 N–H and O–H groups in total. The van der Waals surface area contributed by atoms with Crippen molar-refractivity contribution >= 4 is 29.0 Å². The molecule has 0 radical (unpaired) electrons. The van der Waals surface area contributed by atoms with Gasteiger partial charge < -0.3 is 4.74 Å². The smallest absolute Gasteiger partial charge is 0.337 e. The Labute approximate surface area is 216 Å². The second-order valence-electron chi connectivity index (χ2n) is 10.1. The Bertz CT molecular complexity index is 1410. The monoisotopic (exact) mass is 489 g/mol. The standard InChI is InChI=1S/C32H27NO4/c1-18-7-11-20(12-8-18)26(21-13-9-19(2)10-14-21)27-24-15-16-25(27)29-28(24)30(34)33(31(29)35)23-6-4-5-22(17-23)32(36)37-3/h4-17,24-25,28-29H,1-3H3. The van der Waals surface area contributed by atoms with Crippen LogP contribution in [-0.4, -0.2) is 24.9 Å². The van der Waals surface area contributed by atoms with Gasteiger partial charge in [0.25, 0.3) is 0 Å². The van der Waals surface area contributed by atoms with Crippen LogP contribution in [-0.2, 0) is 14.3 Å². The van der Waals surface area contributed by atoms with Gasteiger partial charge in [-0.25, -0.2) is 9.69 Å². The highest BCUT2D eigenvalue weighted by Gasteiger charge is 2.62. The lowest BCUT2D eigenvalue weighted by Crippen LogP contribution is -2.33. The summed E-state index contributed by atoms with van der Waals surface area (Å²) < 4.78 is 4.82. The molecule has 6 rings (SSSR count). The van der Waals surface area contributed by atoms with Crippen LogP contribution >= 0.6 is 0 Å². The normalized spacial score (nSPS) is 23.5. The molecule has 5 nitrogen and oxygen atoms in total. The van der Waals surface area contributed by atoms with Gasteiger partial charge in [-0.3, -0.25) is 9.59 Å². The molecular weight excluding hydrogens is 462 g/mol. The number of fused-ring (bicyclic) bond motifs is 5. The molecule has 4 unspecified atom stereocenters. The first-order valence-electron chi connectivity index (χ1n) is 12.5. The number of anilines is 1. The predicted molar refractivity (Wildman–Crippen MR) is 142 cm³/mol. The molecule has 2 fully saturated rings. The summed E-state index contributed by atoms with van der Waals surface area (Å²) in [6.07, 6.45) is 4.20. The van der Waals surface area contributed by atoms with Gasteiger partial charge in [0.15, 0.2) is 0 Å². The SMILES string of the molecule is COC(=O)c1cccc(N2C(=O)C3C4C=CC(C4=C(c4ccc(C)cc4)c4ccc(C)cc4)C3C2=O)c1. The van der Waals surface area contributed by atoms with E-state index in [1.807, 2.05) is 0 Å². The molecule has 0 aromatic heterocycles. The van der Waals surface area contributed by atoms with Crippen molar-refractivity contribution < 1.29 is 19.1 Å². The summed E-state index contributed by atoms with van der Waals surface area (Å²) >= 11 is 0. The maximum absolute atomic E-state index is 13.8. The first kappa shape index (κ1) is 23.2. The van der Waals surface area contributed by atoms with E-state index in [2.05, 4.69) is 74.5 Å². The van der Waals surface area contributed by atoms with Gasteiger partial charge in [0, 0.05) is 11.8 Å². The second-order valence-corrected chi connectivity index (χ2v) is 10.1. The van der Waals surface area contributed by atoms with Crippen LogP contribution in [0.25, 0.3) is 5.57 Å². The maximum atomic E-state index is 13.8. The van der Waals surface area contributed by atoms with Crippen LogP contribution in [0.5, 0.6) is 0 Å². The highest BCUT2D eigenvalue weighted by molar-refractivity contribution is 6.23. The first-order chi connectivity index (χ1) is 17.9. The van der Waals surface area contributed by atoms with Gasteiger partial charge >= 0.3 is 5.97 Å². The summed E-state index contributed by atoms with van der Waals surface area (Å²) in [6, 6.07) is 23.4. The first-order valence-corrected chi connectivity index (χ1v) is 12.5. The van der Waals surface area contributed by atoms with E-state index in [4.69, 9.17) is 4.74 Å². The lowest BCUT2D eigenvalue weighted by molar-refractivity contribution is -0.122. The molecule has 37 heavy (non-hydrogen) atoms. The summed E-state index contributed by atoms with van der Waals surface area (Å²) in [6.45, 7) is 4.13. The van der Waals surface area contributed by atoms with E-state index < -0.39 is 17.8 Å². The Morgan fingerprint density at radius 3 is 1.73 bits per heavy atom. The van der Waals surface area contributed by atoms with Crippen molar-refractivity contribution in [3.8, 4) is 0 Å². The summed E-state index contributed by atoms with van der Waals surface area (Å²) in [5.74, 6) is -2.14. The quantitative estimate of drug-likeness (QED) is 0.275. The van der Waals surface area contributed by atoms with Crippen molar-refractivity contribution in [2.45, 2.75) is 13.8 Å². The number of esters is 1. The molecule has 2 bridgehead atoms. The number of nitrogens with zero attached hydrogens (tertiary/aromatic N) is 1. The molecule has 2 aliphatic carbocycles. The minimum Gasteiger partial charge on any atom is -0.465 e. The zero-order valence-electron chi connectivity index (χ0n) is 21.0. The van der Waals surface area contributed by atoms with Gasteiger partial charge in [0.2, 0.25) is 11.8 Å². The van der Waals surface area contributed by atoms with Crippen LogP contribution in [0.15, 0.2) is 90.5 Å². The maximum Gasteiger partial charge on any atom is 0.337 e. The average molecular weight is 490 g/mol. The number of allylic oxidation sites excluding steroid dienone is 3. The number of aryl methyl sites for hydroxylation is 2. The summed E-state index contributed by atoms with van der Waals surface area (Å²) in [5, 5.41) is 0. The Hall–Kier alpha value is -4.25. The highest BCUT2D eigenvalue weighted by Crippen LogP contribution is 2.58. The Kier molecular flexibility index (Phi) is 5.45. The predicted octanol–water partition coefficient (Wildman–Crippen LogP) is 5.51. The van der Waals surface area contributed by atoms with E-state index in [0.29, 0.717) is 11.3 Å². The number of imide groups is 1. The molecule has 184 valence electrons. The third-order valence-electron chi connectivity index (χ3n) is 7.91. The number of benzene rings is 3. The molecule has 0 spiro atoms. The van der Waals surface area contributed by atoms with Crippen molar-refractivity contribution in [2.75, 3.05) is 12.0 Å². The van der Waals surface area contributed by atoms with E-state index in [0.717, 1.165) is 22.3 Å². The average Bonchev–Trinajstić information content (AvgIpc) is 3.55. The molecule has 3 aliphatic rings. The molecule has 1 aliphatic heterocycles. The van der Waals surface area contributed by atoms with E-state index in [-0.39, 0.29) is 23.7 Å². The minimum atomic E-state index is -0.506. The number of amides is 2. The topological polar surface area (TPSA) is 63.7 Å². The number of carbonyl (C=O) groups excluding carboxylic acids is 3. The number of methoxy groups -OCH3 is 1. The van der Waals surface area contributed by atoms with E-state index in [9.17, 15) is 14.4 Å². The molecule has 1 saturated heterocycles. The van der Waals surface area contributed by atoms with E-state index in [1.165, 1.54) is 23.1 Å². The van der Waals surface area contributed by atoms with Gasteiger partial charge in [-0.1, -0.05) is 77.9 Å². The molecule has 2 amide bonds. The molecule has 1 saturated carbocycles. The van der Waals surface area contributed by atoms with Gasteiger partial charge in [-0.2, -0.15) is 0 Å². The summed E-state index contributed by atoms with van der Waals surface area (Å²) in [4.78, 5) is 40.9. The van der Waals surface area contributed by atoms with Crippen LogP contribution < -0.4 is 4.90 Å². The molecule has 5 heteroatoms. The van der Waals surface area contributed by atoms with Crippen LogP contribution in [0.4, 0.5) is 5.69 Å². The number of hydrogen-bond acceptors (Lipinski definition) is 4. The van der Waals surface area contributed by atoms with Gasteiger partial charge in [0.1, 0.15) is 0 Å². The molecule has 3 aromatic carbocycles. The van der Waals surface area contributed by atoms with Gasteiger partial charge in [-0.15, -0.1) is 0 Å². The Morgan fingerprint density at radius 1 is 0.730 bits per heavy atom. The largest absolute Gasteiger partial charge is 0.465 e. The Morgan fingerprint density at radius 2 is 1.24 bits per heavy atom. The fourth-order valence-electron chi connectivity index (χ4n) is 6.18. The van der Waals surface area contributed by atoms with Crippen molar-refractivity contribution in [3.63, 3.8) is 0 Å². The summed E-state index contributed by atoms with van der Waals surface area (Å²) in [5.41, 5.74) is 7.50. The minimum absolute atomic E-state index is 0.155. The van der Waals surface area contributed by atoms with Crippen LogP contribution in [0.2, 0.25) is 0 Å². The summed E-state index contributed by atoms with van der Waals surface area (Å²) in [7, 11) is 1.31. The second kappa shape index (κ2) is 8.70.